The molecule has 0 aromatic carbocycles. The molecule has 0 saturated heterocycles. The normalized spacial score (nSPS) is 27.2. The smallest absolute Gasteiger partial charge is 0.407 e. The Balaban J connectivity index is 0.912. The van der Waals surface area contributed by atoms with E-state index < -0.39 is 5.97 Å². The van der Waals surface area contributed by atoms with Crippen molar-refractivity contribution in [1.82, 2.24) is 10.6 Å². The van der Waals surface area contributed by atoms with E-state index in [0.717, 1.165) is 54.8 Å². The molecule has 358 valence electrons. The largest absolute Gasteiger partial charge is 0.481 e. The van der Waals surface area contributed by atoms with Gasteiger partial charge in [0.15, 0.2) is 0 Å². The van der Waals surface area contributed by atoms with Gasteiger partial charge in [-0.25, -0.2) is 4.79 Å². The van der Waals surface area contributed by atoms with E-state index in [-0.39, 0.29) is 36.4 Å². The van der Waals surface area contributed by atoms with Crippen LogP contribution in [0.1, 0.15) is 118 Å². The van der Waals surface area contributed by atoms with Crippen LogP contribution in [-0.2, 0) is 47.5 Å². The minimum atomic E-state index is -0.995. The van der Waals surface area contributed by atoms with Crippen molar-refractivity contribution >= 4 is 18.0 Å². The zero-order chi connectivity index (χ0) is 44.6. The van der Waals surface area contributed by atoms with E-state index in [4.69, 9.17) is 43.0 Å². The third-order valence-corrected chi connectivity index (χ3v) is 14.4. The quantitative estimate of drug-likeness (QED) is 0.0448. The second kappa shape index (κ2) is 28.6. The lowest BCUT2D eigenvalue weighted by Gasteiger charge is -2.58. The summed E-state index contributed by atoms with van der Waals surface area (Å²) in [4.78, 5) is 34.5. The predicted molar refractivity (Wildman–Crippen MR) is 237 cm³/mol. The summed E-state index contributed by atoms with van der Waals surface area (Å²) >= 11 is 0. The third kappa shape index (κ3) is 17.6. The molecular formula is C48H84N2O12. The molecule has 0 unspecified atom stereocenters. The Bertz CT molecular complexity index is 1330. The second-order valence-corrected chi connectivity index (χ2v) is 19.0. The second-order valence-electron chi connectivity index (χ2n) is 19.0. The van der Waals surface area contributed by atoms with Gasteiger partial charge in [0.25, 0.3) is 0 Å². The molecule has 3 fully saturated rings. The van der Waals surface area contributed by atoms with Crippen LogP contribution in [0.2, 0.25) is 0 Å². The highest BCUT2D eigenvalue weighted by Gasteiger charge is 2.59. The maximum atomic E-state index is 12.7. The first kappa shape index (κ1) is 52.3. The molecule has 14 nitrogen and oxygen atoms in total. The lowest BCUT2D eigenvalue weighted by atomic mass is 9.47. The number of allylic oxidation sites excluding steroid dienone is 1. The van der Waals surface area contributed by atoms with Crippen LogP contribution < -0.4 is 10.6 Å². The molecule has 0 aromatic heterocycles. The zero-order valence-electron chi connectivity index (χ0n) is 39.1. The highest BCUT2D eigenvalue weighted by molar-refractivity contribution is 5.80. The number of amides is 2. The topological polar surface area (TPSA) is 169 Å². The van der Waals surface area contributed by atoms with Gasteiger partial charge < -0.3 is 53.6 Å². The molecule has 8 atom stereocenters. The van der Waals surface area contributed by atoms with E-state index >= 15 is 0 Å². The molecule has 14 heteroatoms. The van der Waals surface area contributed by atoms with E-state index in [1.165, 1.54) is 51.4 Å². The van der Waals surface area contributed by atoms with E-state index in [1.807, 2.05) is 0 Å². The van der Waals surface area contributed by atoms with Crippen molar-refractivity contribution < 1.29 is 57.4 Å². The number of fused-ring (bicyclic) bond motifs is 5. The lowest BCUT2D eigenvalue weighted by Crippen LogP contribution is -2.51. The molecule has 4 aliphatic carbocycles. The number of nitrogens with one attached hydrogen (secondary N) is 2. The van der Waals surface area contributed by atoms with Gasteiger partial charge in [0.2, 0.25) is 5.91 Å². The number of hydrogen-bond donors (Lipinski definition) is 3. The monoisotopic (exact) mass is 881 g/mol. The summed E-state index contributed by atoms with van der Waals surface area (Å²) in [5, 5.41) is 14.0. The van der Waals surface area contributed by atoms with Crippen LogP contribution in [0.4, 0.5) is 4.79 Å². The molecule has 3 N–H and O–H groups in total. The van der Waals surface area contributed by atoms with Crippen molar-refractivity contribution in [2.24, 2.45) is 46.3 Å². The average molecular weight is 881 g/mol. The van der Waals surface area contributed by atoms with Crippen LogP contribution >= 0.6 is 0 Å². The van der Waals surface area contributed by atoms with Gasteiger partial charge in [-0.3, -0.25) is 9.59 Å². The number of alkyl carbamates (subject to hydrolysis) is 1. The van der Waals surface area contributed by atoms with Crippen molar-refractivity contribution in [3.05, 3.63) is 11.6 Å². The summed E-state index contributed by atoms with van der Waals surface area (Å²) < 4.78 is 44.4. The first-order valence-electron chi connectivity index (χ1n) is 24.1. The van der Waals surface area contributed by atoms with Gasteiger partial charge in [-0.1, -0.05) is 65.5 Å². The van der Waals surface area contributed by atoms with Crippen molar-refractivity contribution in [1.29, 1.82) is 0 Å². The first-order chi connectivity index (χ1) is 29.9. The molecule has 0 aliphatic heterocycles. The Labute approximate surface area is 372 Å². The Hall–Kier alpha value is -2.33. The van der Waals surface area contributed by atoms with Crippen molar-refractivity contribution in [3.8, 4) is 0 Å². The number of aliphatic carboxylic acids is 1. The zero-order valence-corrected chi connectivity index (χ0v) is 39.1. The standard InChI is InChI=1S/C48H84N2O12/c1-36(2)7-6-8-37(3)41-11-12-42-40-10-9-38-35-39(15-17-47(38,4)43(40)16-18-48(41,42)5)62-46(54)50-20-22-56-24-26-58-28-30-60-32-34-61-33-31-59-29-27-57-25-23-55-21-19-49-44(51)13-14-45(52)53/h9,36-37,39-43H,6-8,10-35H2,1-5H3,(H,49,51)(H,50,54)(H,52,53)/t37-,39+,40+,41-,42+,43+,47+,48-/m1/s1. The highest BCUT2D eigenvalue weighted by Crippen LogP contribution is 2.67. The van der Waals surface area contributed by atoms with E-state index in [0.29, 0.717) is 111 Å². The number of carbonyl (C=O) groups excluding carboxylic acids is 2. The summed E-state index contributed by atoms with van der Waals surface area (Å²) in [6.45, 7) is 19.3. The first-order valence-corrected chi connectivity index (χ1v) is 24.1. The number of carboxylic acid groups (broad SMARTS) is 1. The summed E-state index contributed by atoms with van der Waals surface area (Å²) in [5.74, 6) is 3.65. The molecule has 4 rings (SSSR count). The third-order valence-electron chi connectivity index (χ3n) is 14.4. The van der Waals surface area contributed by atoms with Crippen LogP contribution in [0.5, 0.6) is 0 Å². The Morgan fingerprint density at radius 1 is 0.677 bits per heavy atom. The van der Waals surface area contributed by atoms with E-state index in [2.05, 4.69) is 51.3 Å². The van der Waals surface area contributed by atoms with Crippen LogP contribution in [0, 0.1) is 46.3 Å². The summed E-state index contributed by atoms with van der Waals surface area (Å²) in [6, 6.07) is 0. The van der Waals surface area contributed by atoms with Gasteiger partial charge in [0.05, 0.1) is 98.9 Å². The Morgan fingerprint density at radius 2 is 1.23 bits per heavy atom. The molecule has 2 amide bonds. The summed E-state index contributed by atoms with van der Waals surface area (Å²) in [5.41, 5.74) is 2.29. The number of hydrogen-bond acceptors (Lipinski definition) is 11. The van der Waals surface area contributed by atoms with E-state index in [1.54, 1.807) is 5.57 Å². The van der Waals surface area contributed by atoms with Gasteiger partial charge in [-0.15, -0.1) is 0 Å². The SMILES string of the molecule is CC(C)CCC[C@@H](C)[C@H]1CC[C@H]2[C@@H]3CC=C4C[C@@H](OC(=O)NCCOCCOCCOCCOCCOCCOCCOCCNC(=O)CCC(=O)O)CC[C@]4(C)[C@H]3CC[C@]12C. The molecule has 62 heavy (non-hydrogen) atoms. The lowest BCUT2D eigenvalue weighted by molar-refractivity contribution is -0.138. The molecule has 0 bridgehead atoms. The summed E-state index contributed by atoms with van der Waals surface area (Å²) in [7, 11) is 0. The minimum Gasteiger partial charge on any atom is -0.481 e. The molecule has 4 aliphatic rings. The van der Waals surface area contributed by atoms with Gasteiger partial charge in [-0.2, -0.15) is 0 Å². The van der Waals surface area contributed by atoms with Crippen molar-refractivity contribution in [2.75, 3.05) is 106 Å². The highest BCUT2D eigenvalue weighted by atomic mass is 16.6. The molecule has 0 radical (unpaired) electrons. The summed E-state index contributed by atoms with van der Waals surface area (Å²) in [6.07, 6.45) is 15.8. The number of ether oxygens (including phenoxy) is 8. The number of rotatable bonds is 33. The molecular weight excluding hydrogens is 797 g/mol. The van der Waals surface area contributed by atoms with Crippen LogP contribution in [0.3, 0.4) is 0 Å². The Morgan fingerprint density at radius 3 is 1.77 bits per heavy atom. The van der Waals surface area contributed by atoms with Crippen molar-refractivity contribution in [2.45, 2.75) is 124 Å². The maximum Gasteiger partial charge on any atom is 0.407 e. The fraction of sp³-hybridized carbons (Fsp3) is 0.896. The van der Waals surface area contributed by atoms with Crippen molar-refractivity contribution in [3.63, 3.8) is 0 Å². The van der Waals surface area contributed by atoms with Crippen LogP contribution in [0.25, 0.3) is 0 Å². The maximum absolute atomic E-state index is 12.7. The number of carboxylic acids is 1. The molecule has 0 aromatic rings. The fourth-order valence-electron chi connectivity index (χ4n) is 11.2. The van der Waals surface area contributed by atoms with Gasteiger partial charge in [-0.05, 0) is 91.3 Å². The minimum absolute atomic E-state index is 0.0360. The molecule has 3 saturated carbocycles. The number of carbonyl (C=O) groups is 3. The van der Waals surface area contributed by atoms with Gasteiger partial charge in [0.1, 0.15) is 6.10 Å². The average Bonchev–Trinajstić information content (AvgIpc) is 3.60. The van der Waals surface area contributed by atoms with Gasteiger partial charge >= 0.3 is 12.1 Å². The van der Waals surface area contributed by atoms with Crippen LogP contribution in [0.15, 0.2) is 11.6 Å². The van der Waals surface area contributed by atoms with Gasteiger partial charge in [0, 0.05) is 25.9 Å². The van der Waals surface area contributed by atoms with Crippen LogP contribution in [-0.4, -0.2) is 135 Å². The Kier molecular flexibility index (Phi) is 24.1. The molecule has 0 spiro atoms. The van der Waals surface area contributed by atoms with E-state index in [9.17, 15) is 14.4 Å². The fourth-order valence-corrected chi connectivity index (χ4v) is 11.2. The predicted octanol–water partition coefficient (Wildman–Crippen LogP) is 7.22. The molecule has 0 heterocycles.